The van der Waals surface area contributed by atoms with E-state index < -0.39 is 0 Å². The van der Waals surface area contributed by atoms with Crippen LogP contribution in [-0.4, -0.2) is 22.1 Å². The molecule has 2 N–H and O–H groups in total. The number of aromatic nitrogens is 2. The second kappa shape index (κ2) is 8.42. The summed E-state index contributed by atoms with van der Waals surface area (Å²) in [6.45, 7) is 0. The summed E-state index contributed by atoms with van der Waals surface area (Å²) >= 11 is 2.96. The van der Waals surface area contributed by atoms with Crippen molar-refractivity contribution in [3.63, 3.8) is 0 Å². The van der Waals surface area contributed by atoms with Gasteiger partial charge in [-0.25, -0.2) is 9.37 Å². The van der Waals surface area contributed by atoms with Crippen molar-refractivity contribution in [2.45, 2.75) is 28.1 Å². The van der Waals surface area contributed by atoms with Crippen LogP contribution in [0, 0.1) is 5.82 Å². The van der Waals surface area contributed by atoms with E-state index in [0.29, 0.717) is 22.3 Å². The maximum absolute atomic E-state index is 13.0. The summed E-state index contributed by atoms with van der Waals surface area (Å²) in [5.74, 6) is 0.0465. The number of nitrogens with one attached hydrogen (secondary N) is 2. The lowest BCUT2D eigenvalue weighted by molar-refractivity contribution is -0.116. The van der Waals surface area contributed by atoms with Crippen LogP contribution in [0.15, 0.2) is 63.4 Å². The number of carbonyl (C=O) groups is 1. The van der Waals surface area contributed by atoms with E-state index in [1.807, 2.05) is 30.5 Å². The summed E-state index contributed by atoms with van der Waals surface area (Å²) < 4.78 is 13.0. The molecule has 0 spiro atoms. The lowest BCUT2D eigenvalue weighted by Gasteiger charge is -2.24. The van der Waals surface area contributed by atoms with Crippen LogP contribution in [0.4, 0.5) is 10.2 Å². The number of amides is 1. The minimum Gasteiger partial charge on any atom is -0.310 e. The van der Waals surface area contributed by atoms with Crippen LogP contribution in [0.2, 0.25) is 0 Å². The van der Waals surface area contributed by atoms with E-state index in [9.17, 15) is 14.0 Å². The van der Waals surface area contributed by atoms with Crippen LogP contribution in [-0.2, 0) is 10.5 Å². The summed E-state index contributed by atoms with van der Waals surface area (Å²) in [5, 5.41) is 3.15. The smallest absolute Gasteiger partial charge is 0.257 e. The van der Waals surface area contributed by atoms with E-state index in [4.69, 9.17) is 0 Å². The predicted octanol–water partition coefficient (Wildman–Crippen LogP) is 4.40. The Kier molecular flexibility index (Phi) is 5.73. The molecule has 148 valence electrons. The molecule has 4 rings (SSSR count). The van der Waals surface area contributed by atoms with Crippen molar-refractivity contribution in [3.05, 3.63) is 81.4 Å². The SMILES string of the molecule is CSc1ccc(C2CC(=O)Nc3nc(SCc4ccc(F)cc4)[nH]c(=O)c32)cc1. The van der Waals surface area contributed by atoms with Gasteiger partial charge in [-0.3, -0.25) is 9.59 Å². The molecule has 0 radical (unpaired) electrons. The minimum atomic E-state index is -0.331. The number of fused-ring (bicyclic) bond motifs is 1. The Morgan fingerprint density at radius 1 is 1.10 bits per heavy atom. The van der Waals surface area contributed by atoms with Gasteiger partial charge in [0.05, 0.1) is 5.56 Å². The third kappa shape index (κ3) is 4.38. The average Bonchev–Trinajstić information content (AvgIpc) is 2.72. The summed E-state index contributed by atoms with van der Waals surface area (Å²) in [4.78, 5) is 33.5. The first-order valence-electron chi connectivity index (χ1n) is 8.99. The first kappa shape index (κ1) is 19.7. The highest BCUT2D eigenvalue weighted by Gasteiger charge is 2.30. The third-order valence-electron chi connectivity index (χ3n) is 4.74. The van der Waals surface area contributed by atoms with E-state index in [1.54, 1.807) is 23.9 Å². The molecule has 1 aliphatic heterocycles. The van der Waals surface area contributed by atoms with Crippen molar-refractivity contribution in [1.29, 1.82) is 0 Å². The number of rotatable bonds is 5. The summed E-state index contributed by atoms with van der Waals surface area (Å²) in [5.41, 5.74) is 2.05. The van der Waals surface area contributed by atoms with E-state index in [2.05, 4.69) is 15.3 Å². The van der Waals surface area contributed by atoms with Crippen LogP contribution in [0.5, 0.6) is 0 Å². The minimum absolute atomic E-state index is 0.163. The lowest BCUT2D eigenvalue weighted by atomic mass is 9.87. The fraction of sp³-hybridized carbons (Fsp3) is 0.190. The van der Waals surface area contributed by atoms with Crippen molar-refractivity contribution in [1.82, 2.24) is 9.97 Å². The van der Waals surface area contributed by atoms with Gasteiger partial charge in [-0.05, 0) is 41.6 Å². The Morgan fingerprint density at radius 2 is 1.83 bits per heavy atom. The van der Waals surface area contributed by atoms with Gasteiger partial charge in [0.2, 0.25) is 5.91 Å². The Hall–Kier alpha value is -2.58. The molecule has 8 heteroatoms. The van der Waals surface area contributed by atoms with Crippen molar-refractivity contribution in [2.75, 3.05) is 11.6 Å². The largest absolute Gasteiger partial charge is 0.310 e. The Labute approximate surface area is 175 Å². The first-order chi connectivity index (χ1) is 14.0. The molecular formula is C21H18FN3O2S2. The van der Waals surface area contributed by atoms with Gasteiger partial charge in [0, 0.05) is 23.0 Å². The molecule has 5 nitrogen and oxygen atoms in total. The Balaban J connectivity index is 1.62. The van der Waals surface area contributed by atoms with E-state index in [-0.39, 0.29) is 29.6 Å². The number of hydrogen-bond acceptors (Lipinski definition) is 5. The molecule has 1 atom stereocenters. The lowest BCUT2D eigenvalue weighted by Crippen LogP contribution is -2.31. The molecule has 0 saturated carbocycles. The normalized spacial score (nSPS) is 15.7. The second-order valence-corrected chi connectivity index (χ2v) is 8.47. The number of anilines is 1. The highest BCUT2D eigenvalue weighted by Crippen LogP contribution is 2.35. The molecule has 1 aromatic heterocycles. The van der Waals surface area contributed by atoms with E-state index in [0.717, 1.165) is 16.0 Å². The number of H-pyrrole nitrogens is 1. The number of halogens is 1. The number of thioether (sulfide) groups is 2. The van der Waals surface area contributed by atoms with Gasteiger partial charge in [-0.2, -0.15) is 0 Å². The first-order valence-corrected chi connectivity index (χ1v) is 11.2. The molecule has 1 aliphatic rings. The zero-order chi connectivity index (χ0) is 20.4. The molecule has 3 aromatic rings. The average molecular weight is 428 g/mol. The van der Waals surface area contributed by atoms with Gasteiger partial charge in [0.1, 0.15) is 11.6 Å². The van der Waals surface area contributed by atoms with Crippen molar-refractivity contribution >= 4 is 35.2 Å². The van der Waals surface area contributed by atoms with Crippen molar-refractivity contribution < 1.29 is 9.18 Å². The van der Waals surface area contributed by atoms with Gasteiger partial charge in [0.15, 0.2) is 5.16 Å². The summed E-state index contributed by atoms with van der Waals surface area (Å²) in [7, 11) is 0. The molecule has 29 heavy (non-hydrogen) atoms. The van der Waals surface area contributed by atoms with E-state index >= 15 is 0 Å². The number of benzene rings is 2. The van der Waals surface area contributed by atoms with Crippen molar-refractivity contribution in [2.24, 2.45) is 0 Å². The summed E-state index contributed by atoms with van der Waals surface area (Å²) in [6, 6.07) is 14.0. The zero-order valence-electron chi connectivity index (χ0n) is 15.6. The molecule has 0 aliphatic carbocycles. The van der Waals surface area contributed by atoms with Crippen LogP contribution in [0.25, 0.3) is 0 Å². The third-order valence-corrected chi connectivity index (χ3v) is 6.42. The Morgan fingerprint density at radius 3 is 2.52 bits per heavy atom. The number of aromatic amines is 1. The quantitative estimate of drug-likeness (QED) is 0.466. The Bertz CT molecular complexity index is 1100. The fourth-order valence-corrected chi connectivity index (χ4v) is 4.50. The molecular weight excluding hydrogens is 409 g/mol. The molecule has 0 fully saturated rings. The van der Waals surface area contributed by atoms with Crippen LogP contribution in [0.1, 0.15) is 29.0 Å². The van der Waals surface area contributed by atoms with Crippen molar-refractivity contribution in [3.8, 4) is 0 Å². The molecule has 2 heterocycles. The van der Waals surface area contributed by atoms with Gasteiger partial charge in [0.25, 0.3) is 5.56 Å². The molecule has 0 bridgehead atoms. The van der Waals surface area contributed by atoms with Gasteiger partial charge >= 0.3 is 0 Å². The van der Waals surface area contributed by atoms with E-state index in [1.165, 1.54) is 23.9 Å². The topological polar surface area (TPSA) is 74.8 Å². The monoisotopic (exact) mass is 427 g/mol. The molecule has 0 saturated heterocycles. The van der Waals surface area contributed by atoms with Gasteiger partial charge in [-0.1, -0.05) is 36.0 Å². The zero-order valence-corrected chi connectivity index (χ0v) is 17.2. The van der Waals surface area contributed by atoms with Crippen LogP contribution >= 0.6 is 23.5 Å². The summed E-state index contributed by atoms with van der Waals surface area (Å²) in [6.07, 6.45) is 2.20. The fourth-order valence-electron chi connectivity index (χ4n) is 3.27. The number of carbonyl (C=O) groups excluding carboxylic acids is 1. The number of nitrogens with zero attached hydrogens (tertiary/aromatic N) is 1. The second-order valence-electron chi connectivity index (χ2n) is 6.63. The predicted molar refractivity (Wildman–Crippen MR) is 114 cm³/mol. The van der Waals surface area contributed by atoms with Crippen LogP contribution < -0.4 is 10.9 Å². The maximum atomic E-state index is 13.0. The number of hydrogen-bond donors (Lipinski definition) is 2. The highest BCUT2D eigenvalue weighted by molar-refractivity contribution is 7.98. The standard InChI is InChI=1S/C21H18FN3O2S2/c1-28-15-8-4-13(5-9-15)16-10-17(26)23-19-18(16)20(27)25-21(24-19)29-11-12-2-6-14(22)7-3-12/h2-9,16H,10-11H2,1H3,(H2,23,24,25,26,27). The van der Waals surface area contributed by atoms with Gasteiger partial charge < -0.3 is 10.3 Å². The molecule has 1 amide bonds. The van der Waals surface area contributed by atoms with Crippen LogP contribution in [0.3, 0.4) is 0 Å². The van der Waals surface area contributed by atoms with Gasteiger partial charge in [-0.15, -0.1) is 11.8 Å². The molecule has 2 aromatic carbocycles. The maximum Gasteiger partial charge on any atom is 0.257 e. The molecule has 1 unspecified atom stereocenters. The highest BCUT2D eigenvalue weighted by atomic mass is 32.2.